The number of carbonyl (C=O) groups is 3. The van der Waals surface area contributed by atoms with Gasteiger partial charge in [-0.3, -0.25) is 9.59 Å². The maximum Gasteiger partial charge on any atom is 0.315 e. The van der Waals surface area contributed by atoms with Crippen LogP contribution in [0.5, 0.6) is 0 Å². The molecule has 1 unspecified atom stereocenters. The maximum absolute atomic E-state index is 13.1. The molecule has 4 amide bonds. The first-order chi connectivity index (χ1) is 16.4. The molecular weight excluding hydrogens is 434 g/mol. The first kappa shape index (κ1) is 25.2. The molecule has 1 atom stereocenters. The molecule has 9 nitrogen and oxygen atoms in total. The molecular formula is C25H33N5O4. The van der Waals surface area contributed by atoms with Crippen molar-refractivity contribution < 1.29 is 19.1 Å². The first-order valence-corrected chi connectivity index (χ1v) is 11.4. The average Bonchev–Trinajstić information content (AvgIpc) is 2.83. The number of rotatable bonds is 9. The summed E-state index contributed by atoms with van der Waals surface area (Å²) < 4.78 is 5.35. The molecule has 1 saturated heterocycles. The quantitative estimate of drug-likeness (QED) is 0.520. The molecule has 1 fully saturated rings. The second-order valence-corrected chi connectivity index (χ2v) is 8.45. The number of ether oxygens (including phenoxy) is 1. The number of morpholine rings is 1. The Kier molecular flexibility index (Phi) is 9.42. The molecule has 1 aliphatic heterocycles. The standard InChI is InChI=1S/C25H33N5O4/c1-29(2)18-23(31)28-21-10-6-7-19(15-21)16-26-25(33)27-17-22(20-8-4-3-5-9-20)24(32)30-11-13-34-14-12-30/h3-10,15,22H,11-14,16-18H2,1-2H3,(H,28,31)(H2,26,27,33). The molecule has 3 rings (SSSR count). The van der Waals surface area contributed by atoms with Crippen LogP contribution >= 0.6 is 0 Å². The van der Waals surface area contributed by atoms with E-state index in [2.05, 4.69) is 16.0 Å². The lowest BCUT2D eigenvalue weighted by Crippen LogP contribution is -2.46. The van der Waals surface area contributed by atoms with Crippen LogP contribution in [0, 0.1) is 0 Å². The van der Waals surface area contributed by atoms with Crippen molar-refractivity contribution in [3.05, 3.63) is 65.7 Å². The van der Waals surface area contributed by atoms with E-state index < -0.39 is 5.92 Å². The van der Waals surface area contributed by atoms with Gasteiger partial charge in [-0.15, -0.1) is 0 Å². The average molecular weight is 468 g/mol. The van der Waals surface area contributed by atoms with Crippen LogP contribution in [0.3, 0.4) is 0 Å². The van der Waals surface area contributed by atoms with Gasteiger partial charge in [0.2, 0.25) is 11.8 Å². The smallest absolute Gasteiger partial charge is 0.315 e. The number of amides is 4. The number of benzene rings is 2. The van der Waals surface area contributed by atoms with Crippen molar-refractivity contribution >= 4 is 23.5 Å². The fraction of sp³-hybridized carbons (Fsp3) is 0.400. The molecule has 34 heavy (non-hydrogen) atoms. The lowest BCUT2D eigenvalue weighted by Gasteiger charge is -2.30. The number of urea groups is 1. The number of nitrogens with one attached hydrogen (secondary N) is 3. The summed E-state index contributed by atoms with van der Waals surface area (Å²) in [5, 5.41) is 8.50. The Hall–Kier alpha value is -3.43. The summed E-state index contributed by atoms with van der Waals surface area (Å²) in [6.07, 6.45) is 0. The number of likely N-dealkylation sites (N-methyl/N-ethyl adjacent to an activating group) is 1. The summed E-state index contributed by atoms with van der Waals surface area (Å²) in [6.45, 7) is 2.91. The van der Waals surface area contributed by atoms with Crippen LogP contribution in [0.2, 0.25) is 0 Å². The van der Waals surface area contributed by atoms with E-state index in [-0.39, 0.29) is 37.5 Å². The van der Waals surface area contributed by atoms with Crippen LogP contribution in [0.4, 0.5) is 10.5 Å². The van der Waals surface area contributed by atoms with Gasteiger partial charge in [0.25, 0.3) is 0 Å². The predicted molar refractivity (Wildman–Crippen MR) is 130 cm³/mol. The largest absolute Gasteiger partial charge is 0.378 e. The molecule has 0 aliphatic carbocycles. The van der Waals surface area contributed by atoms with Crippen molar-refractivity contribution in [2.45, 2.75) is 12.5 Å². The summed E-state index contributed by atoms with van der Waals surface area (Å²) in [5.41, 5.74) is 2.38. The fourth-order valence-electron chi connectivity index (χ4n) is 3.72. The molecule has 2 aromatic rings. The minimum absolute atomic E-state index is 0.0176. The predicted octanol–water partition coefficient (Wildman–Crippen LogP) is 1.63. The Morgan fingerprint density at radius 1 is 1.00 bits per heavy atom. The lowest BCUT2D eigenvalue weighted by atomic mass is 9.97. The maximum atomic E-state index is 13.1. The number of anilines is 1. The van der Waals surface area contributed by atoms with Crippen LogP contribution < -0.4 is 16.0 Å². The van der Waals surface area contributed by atoms with Crippen LogP contribution in [-0.2, 0) is 20.9 Å². The summed E-state index contributed by atoms with van der Waals surface area (Å²) in [5.74, 6) is -0.596. The van der Waals surface area contributed by atoms with Crippen LogP contribution in [-0.4, -0.2) is 81.1 Å². The molecule has 9 heteroatoms. The second kappa shape index (κ2) is 12.7. The normalized spacial score (nSPS) is 14.4. The highest BCUT2D eigenvalue weighted by molar-refractivity contribution is 5.92. The van der Waals surface area contributed by atoms with E-state index in [0.717, 1.165) is 11.1 Å². The minimum atomic E-state index is -0.472. The molecule has 0 spiro atoms. The third-order valence-corrected chi connectivity index (χ3v) is 5.41. The zero-order valence-electron chi connectivity index (χ0n) is 19.8. The number of hydrogen-bond acceptors (Lipinski definition) is 5. The van der Waals surface area contributed by atoms with Crippen LogP contribution in [0.1, 0.15) is 17.0 Å². The third kappa shape index (κ3) is 7.86. The second-order valence-electron chi connectivity index (χ2n) is 8.45. The summed E-state index contributed by atoms with van der Waals surface area (Å²) >= 11 is 0. The van der Waals surface area contributed by atoms with E-state index in [9.17, 15) is 14.4 Å². The Bertz CT molecular complexity index is 961. The van der Waals surface area contributed by atoms with Gasteiger partial charge in [0.05, 0.1) is 25.7 Å². The Morgan fingerprint density at radius 2 is 1.74 bits per heavy atom. The van der Waals surface area contributed by atoms with Crippen molar-refractivity contribution in [3.8, 4) is 0 Å². The lowest BCUT2D eigenvalue weighted by molar-refractivity contribution is -0.136. The van der Waals surface area contributed by atoms with E-state index in [1.54, 1.807) is 15.9 Å². The molecule has 2 aromatic carbocycles. The monoisotopic (exact) mass is 467 g/mol. The van der Waals surface area contributed by atoms with Crippen LogP contribution in [0.15, 0.2) is 54.6 Å². The minimum Gasteiger partial charge on any atom is -0.378 e. The summed E-state index contributed by atoms with van der Waals surface area (Å²) in [6, 6.07) is 16.4. The Balaban J connectivity index is 1.54. The molecule has 0 aromatic heterocycles. The first-order valence-electron chi connectivity index (χ1n) is 11.4. The van der Waals surface area contributed by atoms with Crippen LogP contribution in [0.25, 0.3) is 0 Å². The SMILES string of the molecule is CN(C)CC(=O)Nc1cccc(CNC(=O)NCC(C(=O)N2CCOCC2)c2ccccc2)c1. The topological polar surface area (TPSA) is 103 Å². The van der Waals surface area contributed by atoms with Gasteiger partial charge in [0.15, 0.2) is 0 Å². The van der Waals surface area contributed by atoms with Gasteiger partial charge in [-0.2, -0.15) is 0 Å². The van der Waals surface area contributed by atoms with E-state index in [4.69, 9.17) is 4.74 Å². The Morgan fingerprint density at radius 3 is 2.44 bits per heavy atom. The molecule has 0 bridgehead atoms. The van der Waals surface area contributed by atoms with Gasteiger partial charge in [0.1, 0.15) is 0 Å². The molecule has 0 radical (unpaired) electrons. The zero-order chi connectivity index (χ0) is 24.3. The highest BCUT2D eigenvalue weighted by Crippen LogP contribution is 2.19. The highest BCUT2D eigenvalue weighted by atomic mass is 16.5. The van der Waals surface area contributed by atoms with Gasteiger partial charge in [-0.1, -0.05) is 42.5 Å². The number of nitrogens with zero attached hydrogens (tertiary/aromatic N) is 2. The van der Waals surface area contributed by atoms with E-state index >= 15 is 0 Å². The van der Waals surface area contributed by atoms with E-state index in [0.29, 0.717) is 32.0 Å². The highest BCUT2D eigenvalue weighted by Gasteiger charge is 2.27. The van der Waals surface area contributed by atoms with Gasteiger partial charge in [0, 0.05) is 31.9 Å². The molecule has 3 N–H and O–H groups in total. The molecule has 1 aliphatic rings. The third-order valence-electron chi connectivity index (χ3n) is 5.41. The van der Waals surface area contributed by atoms with Gasteiger partial charge in [-0.25, -0.2) is 4.79 Å². The van der Waals surface area contributed by atoms with Gasteiger partial charge >= 0.3 is 6.03 Å². The van der Waals surface area contributed by atoms with Crippen molar-refractivity contribution in [3.63, 3.8) is 0 Å². The van der Waals surface area contributed by atoms with Crippen molar-refractivity contribution in [1.29, 1.82) is 0 Å². The number of hydrogen-bond donors (Lipinski definition) is 3. The molecule has 0 saturated carbocycles. The van der Waals surface area contributed by atoms with Gasteiger partial charge in [-0.05, 0) is 37.4 Å². The fourth-order valence-corrected chi connectivity index (χ4v) is 3.72. The summed E-state index contributed by atoms with van der Waals surface area (Å²) in [7, 11) is 3.66. The van der Waals surface area contributed by atoms with Crippen molar-refractivity contribution in [2.24, 2.45) is 0 Å². The Labute approximate surface area is 200 Å². The van der Waals surface area contributed by atoms with Gasteiger partial charge < -0.3 is 30.5 Å². The zero-order valence-corrected chi connectivity index (χ0v) is 19.8. The van der Waals surface area contributed by atoms with E-state index in [1.165, 1.54) is 0 Å². The van der Waals surface area contributed by atoms with Crippen molar-refractivity contribution in [2.75, 3.05) is 58.8 Å². The summed E-state index contributed by atoms with van der Waals surface area (Å²) in [4.78, 5) is 41.2. The number of carbonyl (C=O) groups excluding carboxylic acids is 3. The molecule has 182 valence electrons. The molecule has 1 heterocycles. The van der Waals surface area contributed by atoms with E-state index in [1.807, 2.05) is 62.6 Å². The van der Waals surface area contributed by atoms with Crippen molar-refractivity contribution in [1.82, 2.24) is 20.4 Å².